The van der Waals surface area contributed by atoms with Crippen LogP contribution in [0.1, 0.15) is 16.1 Å². The van der Waals surface area contributed by atoms with E-state index in [4.69, 9.17) is 4.74 Å². The number of Topliss-reactive ketones (excluding diaryl/α,β-unsaturated/α-hetero) is 1. The Balaban J connectivity index is 1.92. The van der Waals surface area contributed by atoms with Crippen molar-refractivity contribution in [1.82, 2.24) is 4.57 Å². The zero-order valence-electron chi connectivity index (χ0n) is 12.9. The molecule has 1 amide bonds. The molecule has 0 bridgehead atoms. The first-order valence-corrected chi connectivity index (χ1v) is 7.20. The maximum absolute atomic E-state index is 12.5. The summed E-state index contributed by atoms with van der Waals surface area (Å²) >= 11 is 0. The van der Waals surface area contributed by atoms with E-state index in [0.717, 1.165) is 5.69 Å². The van der Waals surface area contributed by atoms with E-state index >= 15 is 0 Å². The van der Waals surface area contributed by atoms with Crippen molar-refractivity contribution in [2.45, 2.75) is 13.5 Å². The highest BCUT2D eigenvalue weighted by Gasteiger charge is 2.23. The summed E-state index contributed by atoms with van der Waals surface area (Å²) < 4.78 is 6.76. The zero-order chi connectivity index (χ0) is 16.6. The van der Waals surface area contributed by atoms with Gasteiger partial charge in [-0.25, -0.2) is 0 Å². The number of ether oxygens (including phenoxy) is 1. The van der Waals surface area contributed by atoms with Gasteiger partial charge in [0.2, 0.25) is 0 Å². The van der Waals surface area contributed by atoms with Gasteiger partial charge in [0.25, 0.3) is 11.5 Å². The molecule has 0 fully saturated rings. The summed E-state index contributed by atoms with van der Waals surface area (Å²) in [6.07, 6.45) is 0. The molecular weight excluding hydrogens is 296 g/mol. The van der Waals surface area contributed by atoms with E-state index < -0.39 is 0 Å². The van der Waals surface area contributed by atoms with E-state index in [0.29, 0.717) is 17.0 Å². The molecule has 0 aliphatic carbocycles. The fraction of sp³-hybridized carbons (Fsp3) is 0.235. The quantitative estimate of drug-likeness (QED) is 0.803. The molecular formula is C17H16N2O4. The minimum absolute atomic E-state index is 0.00457. The molecule has 1 aliphatic rings. The summed E-state index contributed by atoms with van der Waals surface area (Å²) in [5.74, 6) is 0.199. The lowest BCUT2D eigenvalue weighted by Gasteiger charge is -2.26. The number of carbonyl (C=O) groups is 2. The van der Waals surface area contributed by atoms with Gasteiger partial charge < -0.3 is 14.2 Å². The Morgan fingerprint density at radius 3 is 2.74 bits per heavy atom. The molecule has 1 aliphatic heterocycles. The highest BCUT2D eigenvalue weighted by Crippen LogP contribution is 2.32. The van der Waals surface area contributed by atoms with Gasteiger partial charge in [0.05, 0.1) is 12.2 Å². The van der Waals surface area contributed by atoms with E-state index in [1.54, 1.807) is 44.3 Å². The molecule has 0 atom stereocenters. The van der Waals surface area contributed by atoms with Gasteiger partial charge in [-0.1, -0.05) is 6.07 Å². The topological polar surface area (TPSA) is 68.6 Å². The lowest BCUT2D eigenvalue weighted by atomic mass is 10.1. The second kappa shape index (κ2) is 5.72. The predicted octanol–water partition coefficient (Wildman–Crippen LogP) is 1.39. The molecule has 118 valence electrons. The Morgan fingerprint density at radius 2 is 2.00 bits per heavy atom. The normalized spacial score (nSPS) is 13.5. The minimum Gasteiger partial charge on any atom is -0.482 e. The van der Waals surface area contributed by atoms with E-state index in [1.807, 2.05) is 0 Å². The number of likely N-dealkylation sites (N-methyl/N-ethyl adjacent to an activating group) is 1. The SMILES string of the molecule is Cc1cccc(=O)n1CC(=O)c1ccc2c(c1)N(C)C(=O)CO2. The second-order valence-electron chi connectivity index (χ2n) is 5.44. The minimum atomic E-state index is -0.216. The van der Waals surface area contributed by atoms with Crippen LogP contribution in [0.3, 0.4) is 0 Å². The van der Waals surface area contributed by atoms with Crippen molar-refractivity contribution in [1.29, 1.82) is 0 Å². The first kappa shape index (κ1) is 15.0. The lowest BCUT2D eigenvalue weighted by molar-refractivity contribution is -0.120. The third-order valence-corrected chi connectivity index (χ3v) is 3.94. The Kier molecular flexibility index (Phi) is 3.73. The molecule has 6 heteroatoms. The Labute approximate surface area is 132 Å². The number of hydrogen-bond donors (Lipinski definition) is 0. The molecule has 0 saturated heterocycles. The smallest absolute Gasteiger partial charge is 0.264 e. The van der Waals surface area contributed by atoms with Gasteiger partial charge in [0.1, 0.15) is 5.75 Å². The summed E-state index contributed by atoms with van der Waals surface area (Å²) in [6, 6.07) is 9.81. The van der Waals surface area contributed by atoms with E-state index in [9.17, 15) is 14.4 Å². The van der Waals surface area contributed by atoms with E-state index in [1.165, 1.54) is 15.5 Å². The van der Waals surface area contributed by atoms with Crippen LogP contribution >= 0.6 is 0 Å². The monoisotopic (exact) mass is 312 g/mol. The highest BCUT2D eigenvalue weighted by molar-refractivity contribution is 6.01. The molecule has 3 rings (SSSR count). The molecule has 2 heterocycles. The van der Waals surface area contributed by atoms with Gasteiger partial charge in [-0.2, -0.15) is 0 Å². The fourth-order valence-electron chi connectivity index (χ4n) is 2.51. The van der Waals surface area contributed by atoms with Crippen molar-refractivity contribution in [3.8, 4) is 5.75 Å². The number of pyridine rings is 1. The molecule has 6 nitrogen and oxygen atoms in total. The number of aryl methyl sites for hydroxylation is 1. The molecule has 1 aromatic heterocycles. The van der Waals surface area contributed by atoms with Crippen molar-refractivity contribution < 1.29 is 14.3 Å². The highest BCUT2D eigenvalue weighted by atomic mass is 16.5. The van der Waals surface area contributed by atoms with Crippen LogP contribution in [0, 0.1) is 6.92 Å². The Hall–Kier alpha value is -2.89. The number of fused-ring (bicyclic) bond motifs is 1. The van der Waals surface area contributed by atoms with Gasteiger partial charge in [0, 0.05) is 24.4 Å². The van der Waals surface area contributed by atoms with Crippen molar-refractivity contribution >= 4 is 17.4 Å². The molecule has 1 aromatic carbocycles. The summed E-state index contributed by atoms with van der Waals surface area (Å²) in [5.41, 5.74) is 1.50. The molecule has 2 aromatic rings. The van der Waals surface area contributed by atoms with Crippen LogP contribution in [-0.2, 0) is 11.3 Å². The molecule has 0 radical (unpaired) electrons. The summed E-state index contributed by atoms with van der Waals surface area (Å²) in [7, 11) is 1.64. The number of carbonyl (C=O) groups excluding carboxylic acids is 2. The molecule has 0 saturated carbocycles. The van der Waals surface area contributed by atoms with Crippen molar-refractivity contribution in [2.24, 2.45) is 0 Å². The van der Waals surface area contributed by atoms with Gasteiger partial charge in [-0.15, -0.1) is 0 Å². The van der Waals surface area contributed by atoms with E-state index in [2.05, 4.69) is 0 Å². The average molecular weight is 312 g/mol. The number of benzene rings is 1. The Bertz CT molecular complexity index is 854. The number of rotatable bonds is 3. The fourth-order valence-corrected chi connectivity index (χ4v) is 2.51. The lowest BCUT2D eigenvalue weighted by Crippen LogP contribution is -2.35. The van der Waals surface area contributed by atoms with Crippen LogP contribution in [0.4, 0.5) is 5.69 Å². The van der Waals surface area contributed by atoms with Crippen molar-refractivity contribution in [3.05, 3.63) is 58.0 Å². The molecule has 23 heavy (non-hydrogen) atoms. The first-order valence-electron chi connectivity index (χ1n) is 7.20. The van der Waals surface area contributed by atoms with Crippen molar-refractivity contribution in [2.75, 3.05) is 18.6 Å². The average Bonchev–Trinajstić information content (AvgIpc) is 2.54. The first-order chi connectivity index (χ1) is 11.0. The third-order valence-electron chi connectivity index (χ3n) is 3.94. The largest absolute Gasteiger partial charge is 0.482 e. The van der Waals surface area contributed by atoms with Crippen LogP contribution in [0.25, 0.3) is 0 Å². The van der Waals surface area contributed by atoms with Crippen LogP contribution in [-0.4, -0.2) is 29.9 Å². The van der Waals surface area contributed by atoms with E-state index in [-0.39, 0.29) is 30.4 Å². The van der Waals surface area contributed by atoms with Gasteiger partial charge in [-0.05, 0) is 31.2 Å². The number of hydrogen-bond acceptors (Lipinski definition) is 4. The zero-order valence-corrected chi connectivity index (χ0v) is 12.9. The number of ketones is 1. The molecule has 0 N–H and O–H groups in total. The van der Waals surface area contributed by atoms with Crippen molar-refractivity contribution in [3.63, 3.8) is 0 Å². The van der Waals surface area contributed by atoms with Gasteiger partial charge >= 0.3 is 0 Å². The summed E-state index contributed by atoms with van der Waals surface area (Å²) in [6.45, 7) is 1.74. The third kappa shape index (κ3) is 2.75. The summed E-state index contributed by atoms with van der Waals surface area (Å²) in [4.78, 5) is 37.5. The maximum Gasteiger partial charge on any atom is 0.264 e. The maximum atomic E-state index is 12.5. The number of amides is 1. The number of anilines is 1. The van der Waals surface area contributed by atoms with Crippen LogP contribution in [0.5, 0.6) is 5.75 Å². The standard InChI is InChI=1S/C17H16N2O4/c1-11-4-3-5-16(21)19(11)9-14(20)12-6-7-15-13(8-12)18(2)17(22)10-23-15/h3-8H,9-10H2,1-2H3. The van der Waals surface area contributed by atoms with Gasteiger partial charge in [-0.3, -0.25) is 14.4 Å². The molecule has 0 unspecified atom stereocenters. The van der Waals surface area contributed by atoms with Crippen LogP contribution in [0.15, 0.2) is 41.2 Å². The Morgan fingerprint density at radius 1 is 1.22 bits per heavy atom. The number of aromatic nitrogens is 1. The van der Waals surface area contributed by atoms with Crippen LogP contribution in [0.2, 0.25) is 0 Å². The van der Waals surface area contributed by atoms with Crippen LogP contribution < -0.4 is 15.2 Å². The van der Waals surface area contributed by atoms with Gasteiger partial charge in [0.15, 0.2) is 12.4 Å². The predicted molar refractivity (Wildman–Crippen MR) is 85.1 cm³/mol. The molecule has 0 spiro atoms. The number of nitrogens with zero attached hydrogens (tertiary/aromatic N) is 2. The summed E-state index contributed by atoms with van der Waals surface area (Å²) in [5, 5.41) is 0. The second-order valence-corrected chi connectivity index (χ2v) is 5.44.